The maximum atomic E-state index is 12.9. The highest BCUT2D eigenvalue weighted by molar-refractivity contribution is 7.89. The molecule has 1 heterocycles. The fourth-order valence-corrected chi connectivity index (χ4v) is 4.68. The van der Waals surface area contributed by atoms with Gasteiger partial charge in [-0.15, -0.1) is 0 Å². The summed E-state index contributed by atoms with van der Waals surface area (Å²) < 4.78 is 43.4. The third-order valence-electron chi connectivity index (χ3n) is 4.76. The molecule has 2 aromatic carbocycles. The van der Waals surface area contributed by atoms with Crippen LogP contribution in [0.1, 0.15) is 29.8 Å². The molecule has 1 aliphatic heterocycles. The molecule has 0 bridgehead atoms. The normalized spacial score (nSPS) is 14.4. The van der Waals surface area contributed by atoms with Crippen molar-refractivity contribution in [2.75, 3.05) is 44.8 Å². The van der Waals surface area contributed by atoms with Gasteiger partial charge in [-0.3, -0.25) is 4.79 Å². The van der Waals surface area contributed by atoms with Crippen molar-refractivity contribution >= 4 is 21.6 Å². The van der Waals surface area contributed by atoms with Gasteiger partial charge in [0, 0.05) is 30.8 Å². The first-order chi connectivity index (χ1) is 15.4. The molecule has 1 fully saturated rings. The van der Waals surface area contributed by atoms with Crippen LogP contribution in [-0.2, 0) is 14.8 Å². The van der Waals surface area contributed by atoms with Gasteiger partial charge in [-0.05, 0) is 32.0 Å². The summed E-state index contributed by atoms with van der Waals surface area (Å²) in [6, 6.07) is 10.9. The molecule has 1 N–H and O–H groups in total. The van der Waals surface area contributed by atoms with Gasteiger partial charge in [-0.25, -0.2) is 8.42 Å². The second kappa shape index (κ2) is 10.5. The van der Waals surface area contributed by atoms with Crippen LogP contribution in [0.3, 0.4) is 0 Å². The summed E-state index contributed by atoms with van der Waals surface area (Å²) >= 11 is 0. The summed E-state index contributed by atoms with van der Waals surface area (Å²) in [6.07, 6.45) is 0. The molecule has 0 atom stereocenters. The fraction of sp³-hybridized carbons (Fsp3) is 0.364. The van der Waals surface area contributed by atoms with Crippen LogP contribution in [0.15, 0.2) is 41.3 Å². The summed E-state index contributed by atoms with van der Waals surface area (Å²) in [6.45, 7) is 5.57. The molecule has 0 spiro atoms. The van der Waals surface area contributed by atoms with Crippen LogP contribution >= 0.6 is 0 Å². The van der Waals surface area contributed by atoms with Crippen molar-refractivity contribution in [1.82, 2.24) is 4.31 Å². The van der Waals surface area contributed by atoms with Gasteiger partial charge in [0.15, 0.2) is 11.5 Å². The molecule has 0 aliphatic carbocycles. The van der Waals surface area contributed by atoms with Crippen LogP contribution in [0.25, 0.3) is 0 Å². The Bertz CT molecular complexity index is 1120. The largest absolute Gasteiger partial charge is 0.490 e. The third-order valence-corrected chi connectivity index (χ3v) is 6.65. The monoisotopic (exact) mass is 459 g/mol. The second-order valence-electron chi connectivity index (χ2n) is 6.82. The lowest BCUT2D eigenvalue weighted by molar-refractivity contribution is 0.0730. The SMILES string of the molecule is CCOc1cc(C#N)c(NC(=O)c2cccc(S(=O)(=O)N3CCOCC3)c2)cc1OCC. The summed E-state index contributed by atoms with van der Waals surface area (Å²) in [5.74, 6) is 0.252. The molecule has 9 nitrogen and oxygen atoms in total. The molecular formula is C22H25N3O6S. The van der Waals surface area contributed by atoms with Crippen molar-refractivity contribution in [2.45, 2.75) is 18.7 Å². The molecule has 0 unspecified atom stereocenters. The first-order valence-corrected chi connectivity index (χ1v) is 11.7. The van der Waals surface area contributed by atoms with Gasteiger partial charge >= 0.3 is 0 Å². The van der Waals surface area contributed by atoms with Gasteiger partial charge in [0.1, 0.15) is 6.07 Å². The van der Waals surface area contributed by atoms with Crippen LogP contribution in [0, 0.1) is 11.3 Å². The molecular weight excluding hydrogens is 434 g/mol. The van der Waals surface area contributed by atoms with E-state index < -0.39 is 15.9 Å². The van der Waals surface area contributed by atoms with Gasteiger partial charge in [0.25, 0.3) is 5.91 Å². The first-order valence-electron chi connectivity index (χ1n) is 10.2. The zero-order valence-corrected chi connectivity index (χ0v) is 18.8. The standard InChI is InChI=1S/C22H25N3O6S/c1-3-30-20-13-17(15-23)19(14-21(20)31-4-2)24-22(26)16-6-5-7-18(12-16)32(27,28)25-8-10-29-11-9-25/h5-7,12-14H,3-4,8-11H2,1-2H3,(H,24,26). The Hall–Kier alpha value is -3.13. The van der Waals surface area contributed by atoms with Crippen molar-refractivity contribution in [3.05, 3.63) is 47.5 Å². The lowest BCUT2D eigenvalue weighted by Gasteiger charge is -2.26. The maximum Gasteiger partial charge on any atom is 0.255 e. The zero-order chi connectivity index (χ0) is 23.1. The number of nitrogens with one attached hydrogen (secondary N) is 1. The molecule has 1 aliphatic rings. The number of benzene rings is 2. The van der Waals surface area contributed by atoms with Gasteiger partial charge in [-0.2, -0.15) is 9.57 Å². The van der Waals surface area contributed by atoms with Crippen molar-refractivity contribution in [2.24, 2.45) is 0 Å². The number of anilines is 1. The van der Waals surface area contributed by atoms with E-state index in [4.69, 9.17) is 14.2 Å². The molecule has 0 saturated carbocycles. The first kappa shape index (κ1) is 23.5. The number of carbonyl (C=O) groups is 1. The Labute approximate surface area is 187 Å². The molecule has 1 saturated heterocycles. The number of carbonyl (C=O) groups excluding carboxylic acids is 1. The minimum Gasteiger partial charge on any atom is -0.490 e. The van der Waals surface area contributed by atoms with Crippen molar-refractivity contribution in [3.8, 4) is 17.6 Å². The van der Waals surface area contributed by atoms with E-state index in [2.05, 4.69) is 5.32 Å². The highest BCUT2D eigenvalue weighted by Gasteiger charge is 2.27. The highest BCUT2D eigenvalue weighted by Crippen LogP contribution is 2.34. The van der Waals surface area contributed by atoms with Gasteiger partial charge in [0.05, 0.1) is 42.6 Å². The molecule has 0 radical (unpaired) electrons. The molecule has 2 aromatic rings. The Morgan fingerprint density at radius 3 is 2.41 bits per heavy atom. The van der Waals surface area contributed by atoms with E-state index in [0.29, 0.717) is 37.9 Å². The molecule has 170 valence electrons. The topological polar surface area (TPSA) is 118 Å². The Kier molecular flexibility index (Phi) is 7.69. The van der Waals surface area contributed by atoms with Gasteiger partial charge in [0.2, 0.25) is 10.0 Å². The van der Waals surface area contributed by atoms with Crippen molar-refractivity contribution in [1.29, 1.82) is 5.26 Å². The van der Waals surface area contributed by atoms with Crippen LogP contribution in [-0.4, -0.2) is 58.1 Å². The summed E-state index contributed by atoms with van der Waals surface area (Å²) in [5.41, 5.74) is 0.586. The van der Waals surface area contributed by atoms with E-state index >= 15 is 0 Å². The van der Waals surface area contributed by atoms with Gasteiger partial charge < -0.3 is 19.5 Å². The second-order valence-corrected chi connectivity index (χ2v) is 8.76. The van der Waals surface area contributed by atoms with Crippen LogP contribution in [0.2, 0.25) is 0 Å². The average molecular weight is 460 g/mol. The summed E-state index contributed by atoms with van der Waals surface area (Å²) in [5, 5.41) is 12.2. The molecule has 10 heteroatoms. The smallest absolute Gasteiger partial charge is 0.255 e. The van der Waals surface area contributed by atoms with E-state index in [1.54, 1.807) is 0 Å². The molecule has 1 amide bonds. The predicted octanol–water partition coefficient (Wildman–Crippen LogP) is 2.63. The number of amides is 1. The third kappa shape index (κ3) is 5.19. The van der Waals surface area contributed by atoms with Gasteiger partial charge in [-0.1, -0.05) is 6.07 Å². The lowest BCUT2D eigenvalue weighted by atomic mass is 10.1. The number of rotatable bonds is 8. The minimum atomic E-state index is -3.75. The van der Waals surface area contributed by atoms with Crippen LogP contribution in [0.4, 0.5) is 5.69 Å². The Morgan fingerprint density at radius 2 is 1.78 bits per heavy atom. The van der Waals surface area contributed by atoms with E-state index in [1.165, 1.54) is 40.7 Å². The number of ether oxygens (including phenoxy) is 3. The quantitative estimate of drug-likeness (QED) is 0.645. The van der Waals surface area contributed by atoms with E-state index in [9.17, 15) is 18.5 Å². The van der Waals surface area contributed by atoms with Crippen LogP contribution < -0.4 is 14.8 Å². The number of nitrogens with zero attached hydrogens (tertiary/aromatic N) is 2. The van der Waals surface area contributed by atoms with E-state index in [1.807, 2.05) is 19.9 Å². The number of nitriles is 1. The van der Waals surface area contributed by atoms with Crippen molar-refractivity contribution in [3.63, 3.8) is 0 Å². The molecule has 32 heavy (non-hydrogen) atoms. The van der Waals surface area contributed by atoms with Crippen molar-refractivity contribution < 1.29 is 27.4 Å². The summed E-state index contributed by atoms with van der Waals surface area (Å²) in [7, 11) is -3.75. The lowest BCUT2D eigenvalue weighted by Crippen LogP contribution is -2.40. The van der Waals surface area contributed by atoms with E-state index in [-0.39, 0.29) is 34.8 Å². The number of sulfonamides is 1. The Morgan fingerprint density at radius 1 is 1.12 bits per heavy atom. The number of hydrogen-bond acceptors (Lipinski definition) is 7. The van der Waals surface area contributed by atoms with E-state index in [0.717, 1.165) is 0 Å². The predicted molar refractivity (Wildman–Crippen MR) is 117 cm³/mol. The molecule has 0 aromatic heterocycles. The highest BCUT2D eigenvalue weighted by atomic mass is 32.2. The molecule has 3 rings (SSSR count). The number of morpholine rings is 1. The summed E-state index contributed by atoms with van der Waals surface area (Å²) in [4.78, 5) is 12.9. The Balaban J connectivity index is 1.88. The minimum absolute atomic E-state index is 0.0225. The van der Waals surface area contributed by atoms with Crippen LogP contribution in [0.5, 0.6) is 11.5 Å². The maximum absolute atomic E-state index is 12.9. The number of hydrogen-bond donors (Lipinski definition) is 1. The average Bonchev–Trinajstić information content (AvgIpc) is 2.81. The zero-order valence-electron chi connectivity index (χ0n) is 18.0. The fourth-order valence-electron chi connectivity index (χ4n) is 3.22.